The number of imidazole rings is 1. The van der Waals surface area contributed by atoms with Gasteiger partial charge in [0.05, 0.1) is 0 Å². The molecule has 0 saturated carbocycles. The van der Waals surface area contributed by atoms with Crippen molar-refractivity contribution in [2.24, 2.45) is 7.05 Å². The predicted molar refractivity (Wildman–Crippen MR) is 84.4 cm³/mol. The van der Waals surface area contributed by atoms with Crippen molar-refractivity contribution in [1.29, 1.82) is 5.26 Å². The zero-order valence-electron chi connectivity index (χ0n) is 13.0. The fraction of sp³-hybridized carbons (Fsp3) is 0.188. The number of carbonyl (C=O) groups is 1. The quantitative estimate of drug-likeness (QED) is 0.748. The standard InChI is InChI=1S/C16H15N7O/c1-22-8-7-18-16(22)15(12-5-3-2-4-6-12)20-14(24)10-23-11-19-13(9-17)21-23/h2-8,11,15H,10H2,1H3,(H,20,24)/t15-/m1/s1. The first-order valence-corrected chi connectivity index (χ1v) is 7.28. The van der Waals surface area contributed by atoms with E-state index in [9.17, 15) is 4.79 Å². The number of hydrogen-bond donors (Lipinski definition) is 1. The summed E-state index contributed by atoms with van der Waals surface area (Å²) in [4.78, 5) is 20.5. The largest absolute Gasteiger partial charge is 0.340 e. The van der Waals surface area contributed by atoms with Gasteiger partial charge in [-0.25, -0.2) is 14.6 Å². The topological polar surface area (TPSA) is 101 Å². The van der Waals surface area contributed by atoms with Crippen LogP contribution in [0.25, 0.3) is 0 Å². The lowest BCUT2D eigenvalue weighted by Crippen LogP contribution is -2.33. The summed E-state index contributed by atoms with van der Waals surface area (Å²) < 4.78 is 3.19. The van der Waals surface area contributed by atoms with Crippen LogP contribution in [0.3, 0.4) is 0 Å². The second kappa shape index (κ2) is 6.75. The second-order valence-corrected chi connectivity index (χ2v) is 5.19. The fourth-order valence-electron chi connectivity index (χ4n) is 2.37. The van der Waals surface area contributed by atoms with Crippen LogP contribution in [0.5, 0.6) is 0 Å². The number of amides is 1. The van der Waals surface area contributed by atoms with Crippen LogP contribution >= 0.6 is 0 Å². The molecule has 8 heteroatoms. The van der Waals surface area contributed by atoms with E-state index in [1.807, 2.05) is 54.2 Å². The maximum absolute atomic E-state index is 12.4. The highest BCUT2D eigenvalue weighted by molar-refractivity contribution is 5.76. The van der Waals surface area contributed by atoms with Gasteiger partial charge in [-0.15, -0.1) is 5.10 Å². The lowest BCUT2D eigenvalue weighted by atomic mass is 10.1. The van der Waals surface area contributed by atoms with E-state index in [-0.39, 0.29) is 24.3 Å². The molecule has 1 amide bonds. The lowest BCUT2D eigenvalue weighted by molar-refractivity contribution is -0.122. The first-order chi connectivity index (χ1) is 11.7. The van der Waals surface area contributed by atoms with E-state index < -0.39 is 0 Å². The van der Waals surface area contributed by atoms with Crippen LogP contribution in [0.1, 0.15) is 23.3 Å². The molecular formula is C16H15N7O. The Labute approximate surface area is 138 Å². The minimum atomic E-state index is -0.377. The molecule has 0 unspecified atom stereocenters. The Morgan fingerprint density at radius 1 is 1.33 bits per heavy atom. The van der Waals surface area contributed by atoms with Crippen LogP contribution < -0.4 is 5.32 Å². The zero-order chi connectivity index (χ0) is 16.9. The highest BCUT2D eigenvalue weighted by Crippen LogP contribution is 2.20. The molecule has 24 heavy (non-hydrogen) atoms. The molecule has 0 aliphatic carbocycles. The Kier molecular flexibility index (Phi) is 4.34. The third kappa shape index (κ3) is 3.30. The summed E-state index contributed by atoms with van der Waals surface area (Å²) in [7, 11) is 1.88. The number of rotatable bonds is 5. The number of aryl methyl sites for hydroxylation is 1. The molecule has 2 aromatic heterocycles. The van der Waals surface area contributed by atoms with Gasteiger partial charge in [0.1, 0.15) is 30.8 Å². The molecule has 2 heterocycles. The number of benzene rings is 1. The van der Waals surface area contributed by atoms with Crippen molar-refractivity contribution in [3.63, 3.8) is 0 Å². The molecule has 0 aliphatic rings. The molecule has 0 spiro atoms. The number of nitrogens with one attached hydrogen (secondary N) is 1. The van der Waals surface area contributed by atoms with Crippen LogP contribution in [0.4, 0.5) is 0 Å². The SMILES string of the molecule is Cn1ccnc1[C@H](NC(=O)Cn1cnc(C#N)n1)c1ccccc1. The summed E-state index contributed by atoms with van der Waals surface area (Å²) >= 11 is 0. The van der Waals surface area contributed by atoms with E-state index in [0.717, 1.165) is 11.4 Å². The van der Waals surface area contributed by atoms with Gasteiger partial charge in [-0.2, -0.15) is 5.26 Å². The highest BCUT2D eigenvalue weighted by atomic mass is 16.2. The van der Waals surface area contributed by atoms with Gasteiger partial charge in [-0.05, 0) is 5.56 Å². The van der Waals surface area contributed by atoms with Crippen molar-refractivity contribution in [2.45, 2.75) is 12.6 Å². The Hall–Kier alpha value is -3.47. The van der Waals surface area contributed by atoms with Crippen molar-refractivity contribution in [3.05, 3.63) is 66.3 Å². The molecular weight excluding hydrogens is 306 g/mol. The Morgan fingerprint density at radius 2 is 2.12 bits per heavy atom. The van der Waals surface area contributed by atoms with Crippen molar-refractivity contribution in [3.8, 4) is 6.07 Å². The maximum Gasteiger partial charge on any atom is 0.252 e. The van der Waals surface area contributed by atoms with Crippen LogP contribution in [-0.4, -0.2) is 30.2 Å². The summed E-state index contributed by atoms with van der Waals surface area (Å²) in [6, 6.07) is 11.1. The lowest BCUT2D eigenvalue weighted by Gasteiger charge is -2.19. The molecule has 120 valence electrons. The van der Waals surface area contributed by atoms with Gasteiger partial charge in [-0.1, -0.05) is 30.3 Å². The molecule has 8 nitrogen and oxygen atoms in total. The third-order valence-electron chi connectivity index (χ3n) is 3.50. The van der Waals surface area contributed by atoms with Crippen molar-refractivity contribution >= 4 is 5.91 Å². The van der Waals surface area contributed by atoms with Crippen LogP contribution in [0.2, 0.25) is 0 Å². The Balaban J connectivity index is 1.80. The van der Waals surface area contributed by atoms with Gasteiger partial charge in [0.2, 0.25) is 5.91 Å². The van der Waals surface area contributed by atoms with Gasteiger partial charge < -0.3 is 9.88 Å². The van der Waals surface area contributed by atoms with Gasteiger partial charge in [-0.3, -0.25) is 4.79 Å². The normalized spacial score (nSPS) is 11.7. The van der Waals surface area contributed by atoms with Crippen LogP contribution in [0.15, 0.2) is 49.1 Å². The van der Waals surface area contributed by atoms with E-state index in [1.165, 1.54) is 11.0 Å². The van der Waals surface area contributed by atoms with Crippen LogP contribution in [0, 0.1) is 11.3 Å². The van der Waals surface area contributed by atoms with E-state index in [0.29, 0.717) is 0 Å². The molecule has 1 N–H and O–H groups in total. The van der Waals surface area contributed by atoms with Crippen LogP contribution in [-0.2, 0) is 18.4 Å². The number of carbonyl (C=O) groups excluding carboxylic acids is 1. The van der Waals surface area contributed by atoms with Gasteiger partial charge in [0.25, 0.3) is 5.82 Å². The summed E-state index contributed by atoms with van der Waals surface area (Å²) in [5.41, 5.74) is 0.927. The Bertz CT molecular complexity index is 875. The Morgan fingerprint density at radius 3 is 2.75 bits per heavy atom. The molecule has 0 bridgehead atoms. The maximum atomic E-state index is 12.4. The first kappa shape index (κ1) is 15.4. The molecule has 3 rings (SSSR count). The molecule has 0 saturated heterocycles. The molecule has 0 fully saturated rings. The zero-order valence-corrected chi connectivity index (χ0v) is 13.0. The van der Waals surface area contributed by atoms with Gasteiger partial charge >= 0.3 is 0 Å². The number of hydrogen-bond acceptors (Lipinski definition) is 5. The molecule has 3 aromatic rings. The summed E-state index contributed by atoms with van der Waals surface area (Å²) in [6.07, 6.45) is 4.87. The average Bonchev–Trinajstić information content (AvgIpc) is 3.22. The third-order valence-corrected chi connectivity index (χ3v) is 3.50. The van der Waals surface area contributed by atoms with E-state index in [2.05, 4.69) is 20.4 Å². The fourth-order valence-corrected chi connectivity index (χ4v) is 2.37. The minimum absolute atomic E-state index is 0.0254. The molecule has 1 atom stereocenters. The first-order valence-electron chi connectivity index (χ1n) is 7.28. The minimum Gasteiger partial charge on any atom is -0.340 e. The molecule has 0 radical (unpaired) electrons. The van der Waals surface area contributed by atoms with Gasteiger partial charge in [0, 0.05) is 19.4 Å². The van der Waals surface area contributed by atoms with E-state index >= 15 is 0 Å². The van der Waals surface area contributed by atoms with E-state index in [1.54, 1.807) is 6.20 Å². The molecule has 1 aromatic carbocycles. The summed E-state index contributed by atoms with van der Waals surface area (Å²) in [5.74, 6) is 0.513. The average molecular weight is 321 g/mol. The van der Waals surface area contributed by atoms with E-state index in [4.69, 9.17) is 5.26 Å². The predicted octanol–water partition coefficient (Wildman–Crippen LogP) is 0.789. The monoisotopic (exact) mass is 321 g/mol. The number of nitriles is 1. The summed E-state index contributed by atoms with van der Waals surface area (Å²) in [6.45, 7) is -0.0254. The summed E-state index contributed by atoms with van der Waals surface area (Å²) in [5, 5.41) is 15.6. The number of nitrogens with zero attached hydrogens (tertiary/aromatic N) is 6. The number of aromatic nitrogens is 5. The highest BCUT2D eigenvalue weighted by Gasteiger charge is 2.20. The van der Waals surface area contributed by atoms with Crippen molar-refractivity contribution < 1.29 is 4.79 Å². The van der Waals surface area contributed by atoms with Crippen molar-refractivity contribution in [2.75, 3.05) is 0 Å². The second-order valence-electron chi connectivity index (χ2n) is 5.19. The smallest absolute Gasteiger partial charge is 0.252 e. The van der Waals surface area contributed by atoms with Gasteiger partial charge in [0.15, 0.2) is 0 Å². The van der Waals surface area contributed by atoms with Crippen molar-refractivity contribution in [1.82, 2.24) is 29.6 Å². The molecule has 0 aliphatic heterocycles.